The van der Waals surface area contributed by atoms with E-state index >= 15 is 0 Å². The van der Waals surface area contributed by atoms with Gasteiger partial charge in [0.2, 0.25) is 11.8 Å². The fourth-order valence-electron chi connectivity index (χ4n) is 0.969. The van der Waals surface area contributed by atoms with Gasteiger partial charge in [0.1, 0.15) is 0 Å². The van der Waals surface area contributed by atoms with Crippen molar-refractivity contribution >= 4 is 11.6 Å². The van der Waals surface area contributed by atoms with Gasteiger partial charge in [-0.3, -0.25) is 0 Å². The predicted molar refractivity (Wildman–Crippen MR) is 54.7 cm³/mol. The Morgan fingerprint density at radius 2 is 1.30 bits per heavy atom. The topological polar surface area (TPSA) is 44.2 Å². The van der Waals surface area contributed by atoms with Crippen molar-refractivity contribution in [2.45, 2.75) is 18.2 Å². The summed E-state index contributed by atoms with van der Waals surface area (Å²) in [6.07, 6.45) is -9.22. The third-order valence-corrected chi connectivity index (χ3v) is 1.85. The molecule has 4 nitrogen and oxygen atoms in total. The molecule has 11 heteroatoms. The number of nitrogens with zero attached hydrogens (tertiary/aromatic N) is 2. The van der Waals surface area contributed by atoms with Crippen molar-refractivity contribution in [1.29, 1.82) is 0 Å². The van der Waals surface area contributed by atoms with Gasteiger partial charge in [0.15, 0.2) is 19.0 Å². The molecule has 1 heterocycles. The van der Waals surface area contributed by atoms with Crippen molar-refractivity contribution in [2.24, 2.45) is 0 Å². The Balaban J connectivity index is 2.80. The van der Waals surface area contributed by atoms with Crippen molar-refractivity contribution in [2.75, 3.05) is 13.2 Å². The van der Waals surface area contributed by atoms with E-state index in [1.54, 1.807) is 0 Å². The number of aromatic nitrogens is 2. The van der Waals surface area contributed by atoms with Crippen LogP contribution in [-0.2, 0) is 5.88 Å². The molecule has 0 aromatic carbocycles. The van der Waals surface area contributed by atoms with E-state index in [4.69, 9.17) is 11.6 Å². The first-order valence-corrected chi connectivity index (χ1v) is 5.45. The molecule has 0 bridgehead atoms. The second-order valence-electron chi connectivity index (χ2n) is 3.40. The van der Waals surface area contributed by atoms with Crippen molar-refractivity contribution in [3.63, 3.8) is 0 Å². The molecule has 0 radical (unpaired) electrons. The zero-order valence-electron chi connectivity index (χ0n) is 9.56. The number of hydrogen-bond acceptors (Lipinski definition) is 4. The Labute approximate surface area is 113 Å². The number of ether oxygens (including phenoxy) is 2. The molecule has 1 aromatic rings. The monoisotopic (exact) mass is 324 g/mol. The maximum Gasteiger partial charge on any atom is 0.422 e. The van der Waals surface area contributed by atoms with Crippen LogP contribution in [0, 0.1) is 0 Å². The summed E-state index contributed by atoms with van der Waals surface area (Å²) in [5, 5.41) is 0. The van der Waals surface area contributed by atoms with Crippen LogP contribution in [0.1, 0.15) is 5.82 Å². The Bertz CT molecular complexity index is 415. The Hall–Kier alpha value is -1.45. The highest BCUT2D eigenvalue weighted by Crippen LogP contribution is 2.22. The number of hydrogen-bond donors (Lipinski definition) is 0. The summed E-state index contributed by atoms with van der Waals surface area (Å²) in [6, 6.07) is 0.716. The lowest BCUT2D eigenvalue weighted by molar-refractivity contribution is -0.154. The van der Waals surface area contributed by atoms with E-state index in [0.717, 1.165) is 0 Å². The highest BCUT2D eigenvalue weighted by Gasteiger charge is 2.30. The molecule has 1 rings (SSSR count). The maximum atomic E-state index is 12.0. The average Bonchev–Trinajstić information content (AvgIpc) is 2.32. The van der Waals surface area contributed by atoms with E-state index in [9.17, 15) is 26.3 Å². The molecular formula is C9H7ClF6N2O2. The minimum atomic E-state index is -4.61. The number of halogens is 7. The van der Waals surface area contributed by atoms with Crippen LogP contribution in [0.2, 0.25) is 0 Å². The first-order chi connectivity index (χ1) is 9.09. The normalized spacial score (nSPS) is 12.3. The van der Waals surface area contributed by atoms with Crippen LogP contribution in [0.4, 0.5) is 26.3 Å². The van der Waals surface area contributed by atoms with Gasteiger partial charge in [-0.25, -0.2) is 0 Å². The summed E-state index contributed by atoms with van der Waals surface area (Å²) in [6.45, 7) is -3.30. The Morgan fingerprint density at radius 1 is 0.900 bits per heavy atom. The molecule has 0 fully saturated rings. The van der Waals surface area contributed by atoms with E-state index in [0.29, 0.717) is 6.07 Å². The van der Waals surface area contributed by atoms with Crippen molar-refractivity contribution in [3.05, 3.63) is 11.9 Å². The lowest BCUT2D eigenvalue weighted by Crippen LogP contribution is -2.21. The molecule has 114 valence electrons. The maximum absolute atomic E-state index is 12.0. The molecule has 0 N–H and O–H groups in total. The van der Waals surface area contributed by atoms with Gasteiger partial charge >= 0.3 is 12.4 Å². The molecule has 0 amide bonds. The third-order valence-electron chi connectivity index (χ3n) is 1.61. The van der Waals surface area contributed by atoms with Crippen molar-refractivity contribution in [1.82, 2.24) is 9.97 Å². The second kappa shape index (κ2) is 6.33. The zero-order chi connectivity index (χ0) is 15.4. The van der Waals surface area contributed by atoms with Gasteiger partial charge in [-0.15, -0.1) is 11.6 Å². The molecule has 0 aliphatic rings. The molecule has 0 saturated carbocycles. The van der Waals surface area contributed by atoms with Gasteiger partial charge in [0.25, 0.3) is 0 Å². The van der Waals surface area contributed by atoms with Crippen LogP contribution in [0.15, 0.2) is 6.07 Å². The summed E-state index contributed by atoms with van der Waals surface area (Å²) in [5.41, 5.74) is 0. The van der Waals surface area contributed by atoms with Crippen molar-refractivity contribution in [3.8, 4) is 11.8 Å². The standard InChI is InChI=1S/C9H7ClF6N2O2/c10-2-5-17-6(19-3-8(11,12)13)1-7(18-5)20-4-9(14,15)16/h1H,2-4H2. The minimum absolute atomic E-state index is 0.219. The minimum Gasteiger partial charge on any atom is -0.468 e. The van der Waals surface area contributed by atoms with E-state index in [1.807, 2.05) is 0 Å². The average molecular weight is 325 g/mol. The van der Waals surface area contributed by atoms with Gasteiger partial charge in [0, 0.05) is 0 Å². The quantitative estimate of drug-likeness (QED) is 0.617. The second-order valence-corrected chi connectivity index (χ2v) is 3.67. The van der Waals surface area contributed by atoms with Crippen LogP contribution < -0.4 is 9.47 Å². The van der Waals surface area contributed by atoms with Gasteiger partial charge in [-0.05, 0) is 0 Å². The third kappa shape index (κ3) is 6.64. The molecule has 1 aromatic heterocycles. The fraction of sp³-hybridized carbons (Fsp3) is 0.556. The zero-order valence-corrected chi connectivity index (χ0v) is 10.3. The number of rotatable bonds is 5. The molecule has 0 saturated heterocycles. The summed E-state index contributed by atoms with van der Waals surface area (Å²) in [5.74, 6) is -1.70. The highest BCUT2D eigenvalue weighted by atomic mass is 35.5. The van der Waals surface area contributed by atoms with Crippen LogP contribution in [-0.4, -0.2) is 35.5 Å². The van der Waals surface area contributed by atoms with Gasteiger partial charge < -0.3 is 9.47 Å². The summed E-state index contributed by atoms with van der Waals surface area (Å²) < 4.78 is 80.3. The van der Waals surface area contributed by atoms with E-state index in [-0.39, 0.29) is 11.7 Å². The molecule has 0 aliphatic carbocycles. The predicted octanol–water partition coefficient (Wildman–Crippen LogP) is 3.10. The Morgan fingerprint density at radius 3 is 1.60 bits per heavy atom. The van der Waals surface area contributed by atoms with Gasteiger partial charge in [-0.2, -0.15) is 36.3 Å². The van der Waals surface area contributed by atoms with E-state index < -0.39 is 37.3 Å². The largest absolute Gasteiger partial charge is 0.468 e. The molecule has 0 atom stereocenters. The highest BCUT2D eigenvalue weighted by molar-refractivity contribution is 6.16. The van der Waals surface area contributed by atoms with E-state index in [1.165, 1.54) is 0 Å². The summed E-state index contributed by atoms with van der Waals surface area (Å²) in [4.78, 5) is 6.95. The lowest BCUT2D eigenvalue weighted by atomic mass is 10.5. The summed E-state index contributed by atoms with van der Waals surface area (Å²) >= 11 is 5.37. The molecule has 0 spiro atoms. The van der Waals surface area contributed by atoms with Crippen LogP contribution in [0.5, 0.6) is 11.8 Å². The molecule has 20 heavy (non-hydrogen) atoms. The molecule has 0 aliphatic heterocycles. The first-order valence-electron chi connectivity index (χ1n) is 4.92. The summed E-state index contributed by atoms with van der Waals surface area (Å²) in [7, 11) is 0. The van der Waals surface area contributed by atoms with Gasteiger partial charge in [-0.1, -0.05) is 0 Å². The molecular weight excluding hydrogens is 318 g/mol. The Kier molecular flexibility index (Phi) is 5.26. The SMILES string of the molecule is FC(F)(F)COc1cc(OCC(F)(F)F)nc(CCl)n1. The molecule has 0 unspecified atom stereocenters. The van der Waals surface area contributed by atoms with Gasteiger partial charge in [0.05, 0.1) is 11.9 Å². The van der Waals surface area contributed by atoms with Crippen LogP contribution in [0.25, 0.3) is 0 Å². The van der Waals surface area contributed by atoms with E-state index in [2.05, 4.69) is 19.4 Å². The first kappa shape index (κ1) is 16.6. The van der Waals surface area contributed by atoms with Crippen LogP contribution in [0.3, 0.4) is 0 Å². The smallest absolute Gasteiger partial charge is 0.422 e. The van der Waals surface area contributed by atoms with Crippen LogP contribution >= 0.6 is 11.6 Å². The number of alkyl halides is 7. The van der Waals surface area contributed by atoms with Crippen molar-refractivity contribution < 1.29 is 35.8 Å². The fourth-order valence-corrected chi connectivity index (χ4v) is 1.09. The lowest BCUT2D eigenvalue weighted by Gasteiger charge is -2.12.